The minimum absolute atomic E-state index is 0.344. The molecular weight excluding hydrogens is 124 g/mol. The molecule has 2 N–H and O–H groups in total. The highest BCUT2D eigenvalue weighted by molar-refractivity contribution is 4.85. The van der Waals surface area contributed by atoms with Gasteiger partial charge in [-0.25, -0.2) is 0 Å². The second kappa shape index (κ2) is 3.35. The number of hydrogen-bond acceptors (Lipinski definition) is 2. The van der Waals surface area contributed by atoms with E-state index in [2.05, 4.69) is 17.6 Å². The van der Waals surface area contributed by atoms with Gasteiger partial charge in [-0.05, 0) is 33.4 Å². The van der Waals surface area contributed by atoms with Crippen LogP contribution in [0.4, 0.5) is 0 Å². The predicted octanol–water partition coefficient (Wildman–Crippen LogP) is 0.738. The van der Waals surface area contributed by atoms with E-state index in [1.165, 1.54) is 25.8 Å². The Labute approximate surface area is 63.4 Å². The van der Waals surface area contributed by atoms with Crippen molar-refractivity contribution in [1.29, 1.82) is 0 Å². The molecule has 1 atom stereocenters. The summed E-state index contributed by atoms with van der Waals surface area (Å²) in [5.74, 6) is 0. The Hall–Kier alpha value is -0.0800. The van der Waals surface area contributed by atoms with Crippen LogP contribution in [0.1, 0.15) is 26.2 Å². The van der Waals surface area contributed by atoms with Crippen molar-refractivity contribution in [2.75, 3.05) is 20.1 Å². The van der Waals surface area contributed by atoms with E-state index in [9.17, 15) is 0 Å². The smallest absolute Gasteiger partial charge is 0.0275 e. The predicted molar refractivity (Wildman–Crippen MR) is 44.2 cm³/mol. The average Bonchev–Trinajstić information content (AvgIpc) is 2.15. The van der Waals surface area contributed by atoms with Crippen molar-refractivity contribution in [2.24, 2.45) is 0 Å². The SMILES string of the molecule is CN[C@]1(C)CCCCNC1. The molecule has 2 nitrogen and oxygen atoms in total. The lowest BCUT2D eigenvalue weighted by Crippen LogP contribution is -2.46. The van der Waals surface area contributed by atoms with Crippen molar-refractivity contribution in [3.8, 4) is 0 Å². The molecular formula is C8H18N2. The van der Waals surface area contributed by atoms with E-state index in [-0.39, 0.29) is 0 Å². The van der Waals surface area contributed by atoms with Crippen LogP contribution in [-0.4, -0.2) is 25.7 Å². The van der Waals surface area contributed by atoms with Crippen LogP contribution < -0.4 is 10.6 Å². The number of likely N-dealkylation sites (N-methyl/N-ethyl adjacent to an activating group) is 1. The van der Waals surface area contributed by atoms with Crippen LogP contribution in [0.5, 0.6) is 0 Å². The molecule has 10 heavy (non-hydrogen) atoms. The van der Waals surface area contributed by atoms with E-state index < -0.39 is 0 Å². The van der Waals surface area contributed by atoms with Crippen LogP contribution in [0.2, 0.25) is 0 Å². The van der Waals surface area contributed by atoms with E-state index >= 15 is 0 Å². The first-order chi connectivity index (χ1) is 4.77. The molecule has 0 aromatic rings. The zero-order chi connectivity index (χ0) is 7.45. The van der Waals surface area contributed by atoms with Gasteiger partial charge in [0.2, 0.25) is 0 Å². The molecule has 0 bridgehead atoms. The van der Waals surface area contributed by atoms with Crippen molar-refractivity contribution in [3.63, 3.8) is 0 Å². The van der Waals surface area contributed by atoms with Gasteiger partial charge in [0.1, 0.15) is 0 Å². The van der Waals surface area contributed by atoms with E-state index in [4.69, 9.17) is 0 Å². The highest BCUT2D eigenvalue weighted by atomic mass is 15.0. The van der Waals surface area contributed by atoms with Gasteiger partial charge in [-0.2, -0.15) is 0 Å². The standard InChI is InChI=1S/C8H18N2/c1-8(9-2)5-3-4-6-10-7-8/h9-10H,3-7H2,1-2H3/t8-/m1/s1. The molecule has 0 saturated carbocycles. The molecule has 0 spiro atoms. The van der Waals surface area contributed by atoms with Crippen LogP contribution in [0.3, 0.4) is 0 Å². The Kier molecular flexibility index (Phi) is 2.69. The molecule has 0 unspecified atom stereocenters. The topological polar surface area (TPSA) is 24.1 Å². The van der Waals surface area contributed by atoms with Crippen LogP contribution in [0, 0.1) is 0 Å². The first-order valence-electron chi connectivity index (χ1n) is 4.16. The van der Waals surface area contributed by atoms with E-state index in [0.29, 0.717) is 5.54 Å². The second-order valence-electron chi connectivity index (χ2n) is 3.44. The van der Waals surface area contributed by atoms with E-state index in [0.717, 1.165) is 6.54 Å². The van der Waals surface area contributed by atoms with Crippen molar-refractivity contribution in [2.45, 2.75) is 31.7 Å². The summed E-state index contributed by atoms with van der Waals surface area (Å²) in [7, 11) is 2.05. The summed E-state index contributed by atoms with van der Waals surface area (Å²) >= 11 is 0. The summed E-state index contributed by atoms with van der Waals surface area (Å²) in [6, 6.07) is 0. The fourth-order valence-corrected chi connectivity index (χ4v) is 1.43. The zero-order valence-electron chi connectivity index (χ0n) is 7.04. The third-order valence-electron chi connectivity index (χ3n) is 2.45. The van der Waals surface area contributed by atoms with Gasteiger partial charge in [-0.3, -0.25) is 0 Å². The molecule has 0 aromatic heterocycles. The van der Waals surface area contributed by atoms with Gasteiger partial charge >= 0.3 is 0 Å². The second-order valence-corrected chi connectivity index (χ2v) is 3.44. The summed E-state index contributed by atoms with van der Waals surface area (Å²) in [5.41, 5.74) is 0.344. The first kappa shape index (κ1) is 8.02. The Balaban J connectivity index is 2.41. The number of hydrogen-bond donors (Lipinski definition) is 2. The Morgan fingerprint density at radius 2 is 2.20 bits per heavy atom. The van der Waals surface area contributed by atoms with E-state index in [1.807, 2.05) is 7.05 Å². The largest absolute Gasteiger partial charge is 0.315 e. The molecule has 0 radical (unpaired) electrons. The molecule has 1 saturated heterocycles. The lowest BCUT2D eigenvalue weighted by Gasteiger charge is -2.27. The molecule has 1 heterocycles. The lowest BCUT2D eigenvalue weighted by molar-refractivity contribution is 0.356. The maximum absolute atomic E-state index is 3.43. The summed E-state index contributed by atoms with van der Waals surface area (Å²) < 4.78 is 0. The van der Waals surface area contributed by atoms with Crippen molar-refractivity contribution in [1.82, 2.24) is 10.6 Å². The van der Waals surface area contributed by atoms with Gasteiger partial charge in [-0.1, -0.05) is 6.42 Å². The van der Waals surface area contributed by atoms with Crippen LogP contribution in [0.15, 0.2) is 0 Å². The van der Waals surface area contributed by atoms with Gasteiger partial charge < -0.3 is 10.6 Å². The molecule has 1 aliphatic heterocycles. The molecule has 1 fully saturated rings. The van der Waals surface area contributed by atoms with Gasteiger partial charge in [0, 0.05) is 12.1 Å². The molecule has 0 amide bonds. The quantitative estimate of drug-likeness (QED) is 0.564. The van der Waals surface area contributed by atoms with Crippen molar-refractivity contribution < 1.29 is 0 Å². The third-order valence-corrected chi connectivity index (χ3v) is 2.45. The fourth-order valence-electron chi connectivity index (χ4n) is 1.43. The minimum Gasteiger partial charge on any atom is -0.315 e. The summed E-state index contributed by atoms with van der Waals surface area (Å²) in [6.45, 7) is 4.59. The van der Waals surface area contributed by atoms with Crippen LogP contribution in [0.25, 0.3) is 0 Å². The molecule has 60 valence electrons. The normalized spacial score (nSPS) is 35.4. The fraction of sp³-hybridized carbons (Fsp3) is 1.00. The van der Waals surface area contributed by atoms with Crippen molar-refractivity contribution >= 4 is 0 Å². The van der Waals surface area contributed by atoms with Gasteiger partial charge in [0.25, 0.3) is 0 Å². The molecule has 0 aromatic carbocycles. The Bertz CT molecular complexity index is 93.4. The summed E-state index contributed by atoms with van der Waals surface area (Å²) in [4.78, 5) is 0. The van der Waals surface area contributed by atoms with Crippen LogP contribution in [-0.2, 0) is 0 Å². The Morgan fingerprint density at radius 1 is 1.40 bits per heavy atom. The maximum Gasteiger partial charge on any atom is 0.0275 e. The molecule has 1 rings (SSSR count). The highest BCUT2D eigenvalue weighted by Gasteiger charge is 2.22. The van der Waals surface area contributed by atoms with Gasteiger partial charge in [-0.15, -0.1) is 0 Å². The highest BCUT2D eigenvalue weighted by Crippen LogP contribution is 2.14. The molecule has 0 aliphatic carbocycles. The monoisotopic (exact) mass is 142 g/mol. The van der Waals surface area contributed by atoms with Gasteiger partial charge in [0.05, 0.1) is 0 Å². The Morgan fingerprint density at radius 3 is 2.90 bits per heavy atom. The maximum atomic E-state index is 3.43. The average molecular weight is 142 g/mol. The summed E-state index contributed by atoms with van der Waals surface area (Å²) in [5, 5.41) is 6.78. The first-order valence-corrected chi connectivity index (χ1v) is 4.16. The summed E-state index contributed by atoms with van der Waals surface area (Å²) in [6.07, 6.45) is 3.98. The van der Waals surface area contributed by atoms with E-state index in [1.54, 1.807) is 0 Å². The minimum atomic E-state index is 0.344. The lowest BCUT2D eigenvalue weighted by atomic mass is 9.97. The molecule has 1 aliphatic rings. The molecule has 2 heteroatoms. The number of rotatable bonds is 1. The number of nitrogens with one attached hydrogen (secondary N) is 2. The van der Waals surface area contributed by atoms with Gasteiger partial charge in [0.15, 0.2) is 0 Å². The third kappa shape index (κ3) is 1.96. The van der Waals surface area contributed by atoms with Crippen molar-refractivity contribution in [3.05, 3.63) is 0 Å². The van der Waals surface area contributed by atoms with Crippen LogP contribution >= 0.6 is 0 Å². The zero-order valence-corrected chi connectivity index (χ0v) is 7.04.